The van der Waals surface area contributed by atoms with Crippen molar-refractivity contribution in [1.82, 2.24) is 0 Å². The number of benzene rings is 2. The summed E-state index contributed by atoms with van der Waals surface area (Å²) in [7, 11) is 1.59. The lowest BCUT2D eigenvalue weighted by Crippen LogP contribution is -2.17. The van der Waals surface area contributed by atoms with E-state index in [-0.39, 0.29) is 5.82 Å². The number of nitrogens with zero attached hydrogens (tertiary/aromatic N) is 1. The quantitative estimate of drug-likeness (QED) is 0.854. The van der Waals surface area contributed by atoms with E-state index in [1.165, 1.54) is 12.1 Å². The Labute approximate surface area is 112 Å². The van der Waals surface area contributed by atoms with E-state index in [0.717, 1.165) is 17.9 Å². The third-order valence-electron chi connectivity index (χ3n) is 3.01. The Kier molecular flexibility index (Phi) is 3.90. The average Bonchev–Trinajstić information content (AvgIpc) is 2.43. The molecular weight excluding hydrogens is 243 g/mol. The number of hydrogen-bond acceptors (Lipinski definition) is 3. The highest BCUT2D eigenvalue weighted by Gasteiger charge is 2.13. The number of anilines is 3. The Morgan fingerprint density at radius 3 is 2.42 bits per heavy atom. The summed E-state index contributed by atoms with van der Waals surface area (Å²) in [5, 5.41) is 0. The van der Waals surface area contributed by atoms with E-state index in [1.807, 2.05) is 30.0 Å². The van der Waals surface area contributed by atoms with Crippen molar-refractivity contribution in [3.8, 4) is 5.75 Å². The SMILES string of the molecule is CCN(c1ccc(F)cc1)c1cccc(OC)c1N. The number of methoxy groups -OCH3 is 1. The maximum Gasteiger partial charge on any atom is 0.143 e. The first-order valence-electron chi connectivity index (χ1n) is 6.13. The van der Waals surface area contributed by atoms with Gasteiger partial charge in [-0.15, -0.1) is 0 Å². The summed E-state index contributed by atoms with van der Waals surface area (Å²) in [6.45, 7) is 2.74. The molecule has 0 radical (unpaired) electrons. The fraction of sp³-hybridized carbons (Fsp3) is 0.200. The molecule has 2 rings (SSSR count). The van der Waals surface area contributed by atoms with E-state index in [2.05, 4.69) is 0 Å². The first-order valence-corrected chi connectivity index (χ1v) is 6.13. The standard InChI is InChI=1S/C15H17FN2O/c1-3-18(12-9-7-11(16)8-10-12)13-5-4-6-14(19-2)15(13)17/h4-10H,3,17H2,1-2H3. The number of para-hydroxylation sites is 1. The van der Waals surface area contributed by atoms with Crippen LogP contribution in [0.4, 0.5) is 21.5 Å². The highest BCUT2D eigenvalue weighted by molar-refractivity contribution is 5.79. The fourth-order valence-electron chi connectivity index (χ4n) is 2.06. The number of ether oxygens (including phenoxy) is 1. The summed E-state index contributed by atoms with van der Waals surface area (Å²) in [4.78, 5) is 2.01. The van der Waals surface area contributed by atoms with Crippen LogP contribution in [-0.4, -0.2) is 13.7 Å². The first-order chi connectivity index (χ1) is 9.17. The second-order valence-corrected chi connectivity index (χ2v) is 4.11. The average molecular weight is 260 g/mol. The molecule has 0 heterocycles. The largest absolute Gasteiger partial charge is 0.495 e. The molecule has 3 nitrogen and oxygen atoms in total. The van der Waals surface area contributed by atoms with Crippen molar-refractivity contribution >= 4 is 17.1 Å². The molecule has 100 valence electrons. The Hall–Kier alpha value is -2.23. The topological polar surface area (TPSA) is 38.5 Å². The smallest absolute Gasteiger partial charge is 0.143 e. The predicted molar refractivity (Wildman–Crippen MR) is 76.5 cm³/mol. The predicted octanol–water partition coefficient (Wildman–Crippen LogP) is 3.57. The number of nitrogen functional groups attached to an aromatic ring is 1. The third kappa shape index (κ3) is 2.62. The molecule has 0 fully saturated rings. The highest BCUT2D eigenvalue weighted by Crippen LogP contribution is 2.35. The zero-order valence-corrected chi connectivity index (χ0v) is 11.1. The lowest BCUT2D eigenvalue weighted by Gasteiger charge is -2.25. The van der Waals surface area contributed by atoms with Gasteiger partial charge in [-0.05, 0) is 43.3 Å². The number of halogens is 1. The van der Waals surface area contributed by atoms with Gasteiger partial charge in [0.1, 0.15) is 11.6 Å². The molecule has 2 aromatic rings. The van der Waals surface area contributed by atoms with Gasteiger partial charge < -0.3 is 15.4 Å². The van der Waals surface area contributed by atoms with Gasteiger partial charge in [0.15, 0.2) is 0 Å². The van der Waals surface area contributed by atoms with Crippen LogP contribution in [0.3, 0.4) is 0 Å². The van der Waals surface area contributed by atoms with Crippen LogP contribution < -0.4 is 15.4 Å². The van der Waals surface area contributed by atoms with Crippen LogP contribution in [0.5, 0.6) is 5.75 Å². The van der Waals surface area contributed by atoms with E-state index in [9.17, 15) is 4.39 Å². The second-order valence-electron chi connectivity index (χ2n) is 4.11. The van der Waals surface area contributed by atoms with Crippen LogP contribution in [0.25, 0.3) is 0 Å². The minimum absolute atomic E-state index is 0.251. The molecular formula is C15H17FN2O. The van der Waals surface area contributed by atoms with Crippen LogP contribution in [0.1, 0.15) is 6.92 Å². The van der Waals surface area contributed by atoms with Gasteiger partial charge in [0.05, 0.1) is 18.5 Å². The van der Waals surface area contributed by atoms with Crippen LogP contribution in [0.15, 0.2) is 42.5 Å². The van der Waals surface area contributed by atoms with E-state index in [1.54, 1.807) is 19.2 Å². The van der Waals surface area contributed by atoms with Crippen molar-refractivity contribution in [2.45, 2.75) is 6.92 Å². The Morgan fingerprint density at radius 1 is 1.16 bits per heavy atom. The Morgan fingerprint density at radius 2 is 1.84 bits per heavy atom. The van der Waals surface area contributed by atoms with Crippen molar-refractivity contribution < 1.29 is 9.13 Å². The van der Waals surface area contributed by atoms with E-state index in [4.69, 9.17) is 10.5 Å². The Balaban J connectivity index is 2.45. The highest BCUT2D eigenvalue weighted by atomic mass is 19.1. The molecule has 2 aromatic carbocycles. The molecule has 0 saturated carbocycles. The van der Waals surface area contributed by atoms with Crippen LogP contribution in [0, 0.1) is 5.82 Å². The van der Waals surface area contributed by atoms with Gasteiger partial charge in [0.2, 0.25) is 0 Å². The van der Waals surface area contributed by atoms with Crippen molar-refractivity contribution in [3.05, 3.63) is 48.3 Å². The van der Waals surface area contributed by atoms with E-state index >= 15 is 0 Å². The zero-order chi connectivity index (χ0) is 13.8. The summed E-state index contributed by atoms with van der Waals surface area (Å²) >= 11 is 0. The van der Waals surface area contributed by atoms with Gasteiger partial charge in [-0.25, -0.2) is 4.39 Å². The van der Waals surface area contributed by atoms with E-state index in [0.29, 0.717) is 11.4 Å². The number of nitrogens with two attached hydrogens (primary N) is 1. The van der Waals surface area contributed by atoms with Crippen molar-refractivity contribution in [2.24, 2.45) is 0 Å². The van der Waals surface area contributed by atoms with Gasteiger partial charge >= 0.3 is 0 Å². The molecule has 0 amide bonds. The third-order valence-corrected chi connectivity index (χ3v) is 3.01. The van der Waals surface area contributed by atoms with Crippen molar-refractivity contribution in [1.29, 1.82) is 0 Å². The van der Waals surface area contributed by atoms with E-state index < -0.39 is 0 Å². The van der Waals surface area contributed by atoms with Gasteiger partial charge in [-0.3, -0.25) is 0 Å². The van der Waals surface area contributed by atoms with Gasteiger partial charge in [-0.2, -0.15) is 0 Å². The molecule has 0 aliphatic rings. The van der Waals surface area contributed by atoms with Gasteiger partial charge in [0.25, 0.3) is 0 Å². The first kappa shape index (κ1) is 13.2. The van der Waals surface area contributed by atoms with Gasteiger partial charge in [0, 0.05) is 12.2 Å². The molecule has 0 atom stereocenters. The molecule has 0 aromatic heterocycles. The van der Waals surface area contributed by atoms with Crippen molar-refractivity contribution in [2.75, 3.05) is 24.3 Å². The fourth-order valence-corrected chi connectivity index (χ4v) is 2.06. The number of rotatable bonds is 4. The molecule has 0 saturated heterocycles. The lowest BCUT2D eigenvalue weighted by atomic mass is 10.2. The molecule has 0 bridgehead atoms. The Bertz CT molecular complexity index is 555. The molecule has 19 heavy (non-hydrogen) atoms. The summed E-state index contributed by atoms with van der Waals surface area (Å²) < 4.78 is 18.2. The van der Waals surface area contributed by atoms with Crippen LogP contribution in [-0.2, 0) is 0 Å². The molecule has 0 aliphatic carbocycles. The molecule has 0 unspecified atom stereocenters. The summed E-state index contributed by atoms with van der Waals surface area (Å²) in [6.07, 6.45) is 0. The lowest BCUT2D eigenvalue weighted by molar-refractivity contribution is 0.417. The van der Waals surface area contributed by atoms with Crippen molar-refractivity contribution in [3.63, 3.8) is 0 Å². The normalized spacial score (nSPS) is 10.3. The molecule has 4 heteroatoms. The minimum Gasteiger partial charge on any atom is -0.495 e. The molecule has 0 aliphatic heterocycles. The number of hydrogen-bond donors (Lipinski definition) is 1. The second kappa shape index (κ2) is 5.61. The maximum atomic E-state index is 13.0. The summed E-state index contributed by atoms with van der Waals surface area (Å²) in [5.41, 5.74) is 8.42. The minimum atomic E-state index is -0.251. The van der Waals surface area contributed by atoms with Crippen LogP contribution in [0.2, 0.25) is 0 Å². The maximum absolute atomic E-state index is 13.0. The monoisotopic (exact) mass is 260 g/mol. The zero-order valence-electron chi connectivity index (χ0n) is 11.1. The van der Waals surface area contributed by atoms with Gasteiger partial charge in [-0.1, -0.05) is 6.07 Å². The summed E-state index contributed by atoms with van der Waals surface area (Å²) in [6, 6.07) is 12.0. The van der Waals surface area contributed by atoms with Crippen LogP contribution >= 0.6 is 0 Å². The molecule has 0 spiro atoms. The molecule has 2 N–H and O–H groups in total. The summed E-state index contributed by atoms with van der Waals surface area (Å²) in [5.74, 6) is 0.386.